The van der Waals surface area contributed by atoms with E-state index in [1.165, 1.54) is 0 Å². The highest BCUT2D eigenvalue weighted by Crippen LogP contribution is 2.32. The van der Waals surface area contributed by atoms with Gasteiger partial charge in [0.1, 0.15) is 4.88 Å². The number of nitrogens with one attached hydrogen (secondary N) is 1. The van der Waals surface area contributed by atoms with Crippen LogP contribution in [0.1, 0.15) is 47.2 Å². The third kappa shape index (κ3) is 3.44. The number of amides is 1. The van der Waals surface area contributed by atoms with Crippen molar-refractivity contribution in [1.82, 2.24) is 14.9 Å². The van der Waals surface area contributed by atoms with Crippen molar-refractivity contribution in [3.63, 3.8) is 0 Å². The van der Waals surface area contributed by atoms with Crippen molar-refractivity contribution in [1.29, 1.82) is 0 Å². The first-order chi connectivity index (χ1) is 11.2. The van der Waals surface area contributed by atoms with Crippen molar-refractivity contribution in [2.24, 2.45) is 0 Å². The summed E-state index contributed by atoms with van der Waals surface area (Å²) < 4.78 is 15.2. The average Bonchev–Trinajstić information content (AvgIpc) is 2.92. The fraction of sp³-hybridized carbons (Fsp3) is 0.438. The third-order valence-electron chi connectivity index (χ3n) is 3.72. The third-order valence-corrected chi connectivity index (χ3v) is 4.48. The molecule has 1 atom stereocenters. The smallest absolute Gasteiger partial charge is 0.265 e. The first-order valence-corrected chi connectivity index (χ1v) is 8.48. The van der Waals surface area contributed by atoms with Gasteiger partial charge in [-0.05, 0) is 42.6 Å². The molecule has 6 nitrogen and oxygen atoms in total. The van der Waals surface area contributed by atoms with E-state index in [0.717, 1.165) is 40.7 Å². The summed E-state index contributed by atoms with van der Waals surface area (Å²) in [7, 11) is 0. The summed E-state index contributed by atoms with van der Waals surface area (Å²) in [6, 6.07) is 5.62. The second-order valence-corrected chi connectivity index (χ2v) is 6.11. The number of rotatable bonds is 4. The number of ether oxygens (including phenoxy) is 2. The van der Waals surface area contributed by atoms with E-state index in [9.17, 15) is 4.79 Å². The van der Waals surface area contributed by atoms with E-state index < -0.39 is 0 Å². The SMILES string of the molecule is CCc1nnsc1C(=O)N[C@@H](C)c1ccc2c(c1)OCCCO2. The summed E-state index contributed by atoms with van der Waals surface area (Å²) in [6.45, 7) is 5.21. The summed E-state index contributed by atoms with van der Waals surface area (Å²) in [4.78, 5) is 13.0. The lowest BCUT2D eigenvalue weighted by molar-refractivity contribution is 0.0943. The predicted molar refractivity (Wildman–Crippen MR) is 87.2 cm³/mol. The van der Waals surface area contributed by atoms with Gasteiger partial charge in [0.25, 0.3) is 5.91 Å². The van der Waals surface area contributed by atoms with Crippen LogP contribution < -0.4 is 14.8 Å². The highest BCUT2D eigenvalue weighted by Gasteiger charge is 2.19. The maximum absolute atomic E-state index is 12.4. The Balaban J connectivity index is 1.74. The van der Waals surface area contributed by atoms with E-state index in [1.807, 2.05) is 32.0 Å². The lowest BCUT2D eigenvalue weighted by Crippen LogP contribution is -2.26. The van der Waals surface area contributed by atoms with Crippen LogP contribution in [0.2, 0.25) is 0 Å². The van der Waals surface area contributed by atoms with Gasteiger partial charge in [-0.25, -0.2) is 0 Å². The second-order valence-electron chi connectivity index (χ2n) is 5.35. The van der Waals surface area contributed by atoms with Gasteiger partial charge in [0, 0.05) is 6.42 Å². The van der Waals surface area contributed by atoms with Crippen LogP contribution in [0, 0.1) is 0 Å². The lowest BCUT2D eigenvalue weighted by atomic mass is 10.1. The molecule has 0 spiro atoms. The first kappa shape index (κ1) is 15.7. The van der Waals surface area contributed by atoms with Gasteiger partial charge < -0.3 is 14.8 Å². The average molecular weight is 333 g/mol. The van der Waals surface area contributed by atoms with Crippen LogP contribution in [0.4, 0.5) is 0 Å². The van der Waals surface area contributed by atoms with Crippen molar-refractivity contribution >= 4 is 17.4 Å². The minimum Gasteiger partial charge on any atom is -0.490 e. The summed E-state index contributed by atoms with van der Waals surface area (Å²) in [5.41, 5.74) is 1.71. The number of hydrogen-bond donors (Lipinski definition) is 1. The van der Waals surface area contributed by atoms with E-state index in [2.05, 4.69) is 14.9 Å². The van der Waals surface area contributed by atoms with Gasteiger partial charge in [-0.3, -0.25) is 4.79 Å². The molecule has 0 saturated carbocycles. The van der Waals surface area contributed by atoms with Crippen LogP contribution in [-0.4, -0.2) is 28.7 Å². The maximum atomic E-state index is 12.4. The molecule has 23 heavy (non-hydrogen) atoms. The lowest BCUT2D eigenvalue weighted by Gasteiger charge is -2.16. The highest BCUT2D eigenvalue weighted by atomic mass is 32.1. The number of hydrogen-bond acceptors (Lipinski definition) is 6. The molecular formula is C16H19N3O3S. The van der Waals surface area contributed by atoms with Gasteiger partial charge in [0.15, 0.2) is 11.5 Å². The number of fused-ring (bicyclic) bond motifs is 1. The van der Waals surface area contributed by atoms with Crippen LogP contribution in [0.3, 0.4) is 0 Å². The van der Waals surface area contributed by atoms with E-state index in [-0.39, 0.29) is 11.9 Å². The molecule has 3 rings (SSSR count). The molecule has 7 heteroatoms. The highest BCUT2D eigenvalue weighted by molar-refractivity contribution is 7.08. The number of carbonyl (C=O) groups excluding carboxylic acids is 1. The largest absolute Gasteiger partial charge is 0.490 e. The van der Waals surface area contributed by atoms with Crippen LogP contribution in [0.15, 0.2) is 18.2 Å². The first-order valence-electron chi connectivity index (χ1n) is 7.70. The summed E-state index contributed by atoms with van der Waals surface area (Å²) in [5.74, 6) is 1.34. The number of benzene rings is 1. The van der Waals surface area contributed by atoms with E-state index in [1.54, 1.807) is 0 Å². The van der Waals surface area contributed by atoms with E-state index in [0.29, 0.717) is 24.5 Å². The molecule has 0 aliphatic carbocycles. The van der Waals surface area contributed by atoms with Crippen molar-refractivity contribution in [3.05, 3.63) is 34.3 Å². The molecule has 2 aromatic rings. The molecule has 1 aromatic heterocycles. The van der Waals surface area contributed by atoms with Crippen molar-refractivity contribution in [2.45, 2.75) is 32.7 Å². The molecule has 1 aliphatic rings. The Morgan fingerprint density at radius 1 is 1.35 bits per heavy atom. The van der Waals surface area contributed by atoms with Crippen LogP contribution in [0.5, 0.6) is 11.5 Å². The van der Waals surface area contributed by atoms with Crippen LogP contribution in [0.25, 0.3) is 0 Å². The summed E-state index contributed by atoms with van der Waals surface area (Å²) in [6.07, 6.45) is 1.56. The fourth-order valence-corrected chi connectivity index (χ4v) is 3.06. The number of aryl methyl sites for hydroxylation is 1. The monoisotopic (exact) mass is 333 g/mol. The minimum absolute atomic E-state index is 0.142. The molecule has 0 unspecified atom stereocenters. The van der Waals surface area contributed by atoms with Gasteiger partial charge in [-0.1, -0.05) is 17.5 Å². The van der Waals surface area contributed by atoms with Crippen molar-refractivity contribution in [2.75, 3.05) is 13.2 Å². The maximum Gasteiger partial charge on any atom is 0.265 e. The summed E-state index contributed by atoms with van der Waals surface area (Å²) in [5, 5.41) is 6.97. The van der Waals surface area contributed by atoms with Gasteiger partial charge >= 0.3 is 0 Å². The van der Waals surface area contributed by atoms with Crippen molar-refractivity contribution in [3.8, 4) is 11.5 Å². The Bertz CT molecular complexity index is 702. The van der Waals surface area contributed by atoms with Crippen LogP contribution >= 0.6 is 11.5 Å². The topological polar surface area (TPSA) is 73.3 Å². The zero-order chi connectivity index (χ0) is 16.2. The van der Waals surface area contributed by atoms with Gasteiger partial charge in [0.2, 0.25) is 0 Å². The molecule has 0 radical (unpaired) electrons. The Morgan fingerprint density at radius 2 is 2.13 bits per heavy atom. The molecule has 1 N–H and O–H groups in total. The Labute approximate surface area is 139 Å². The zero-order valence-electron chi connectivity index (χ0n) is 13.2. The molecule has 1 aromatic carbocycles. The van der Waals surface area contributed by atoms with Gasteiger partial charge in [-0.15, -0.1) is 5.10 Å². The molecule has 0 fully saturated rings. The Hall–Kier alpha value is -2.15. The van der Waals surface area contributed by atoms with Gasteiger partial charge in [0.05, 0.1) is 24.9 Å². The zero-order valence-corrected chi connectivity index (χ0v) is 14.0. The Kier molecular flexibility index (Phi) is 4.76. The molecular weight excluding hydrogens is 314 g/mol. The minimum atomic E-state index is -0.147. The number of aromatic nitrogens is 2. The number of nitrogens with zero attached hydrogens (tertiary/aromatic N) is 2. The molecule has 0 bridgehead atoms. The molecule has 122 valence electrons. The Morgan fingerprint density at radius 3 is 2.91 bits per heavy atom. The number of carbonyl (C=O) groups is 1. The second kappa shape index (κ2) is 6.95. The predicted octanol–water partition coefficient (Wildman–Crippen LogP) is 2.75. The molecule has 0 saturated heterocycles. The molecule has 1 aliphatic heterocycles. The summed E-state index contributed by atoms with van der Waals surface area (Å²) >= 11 is 1.13. The van der Waals surface area contributed by atoms with E-state index >= 15 is 0 Å². The van der Waals surface area contributed by atoms with Crippen LogP contribution in [-0.2, 0) is 6.42 Å². The quantitative estimate of drug-likeness (QED) is 0.931. The van der Waals surface area contributed by atoms with Crippen molar-refractivity contribution < 1.29 is 14.3 Å². The fourth-order valence-electron chi connectivity index (χ4n) is 2.41. The molecule has 1 amide bonds. The van der Waals surface area contributed by atoms with Gasteiger partial charge in [-0.2, -0.15) is 0 Å². The van der Waals surface area contributed by atoms with E-state index in [4.69, 9.17) is 9.47 Å². The molecule has 2 heterocycles. The normalized spacial score (nSPS) is 14.9. The standard InChI is InChI=1S/C16H19N3O3S/c1-3-12-15(23-19-18-12)16(20)17-10(2)11-5-6-13-14(9-11)22-8-4-7-21-13/h5-6,9-10H,3-4,7-8H2,1-2H3,(H,17,20)/t10-/m0/s1.